The van der Waals surface area contributed by atoms with Crippen molar-refractivity contribution >= 4 is 28.5 Å². The van der Waals surface area contributed by atoms with E-state index in [0.717, 1.165) is 44.7 Å². The van der Waals surface area contributed by atoms with E-state index in [0.29, 0.717) is 23.1 Å². The Morgan fingerprint density at radius 1 is 1.14 bits per heavy atom. The van der Waals surface area contributed by atoms with Gasteiger partial charge >= 0.3 is 0 Å². The Hall–Kier alpha value is -3.52. The number of carbonyl (C=O) groups is 1. The van der Waals surface area contributed by atoms with Gasteiger partial charge in [0.1, 0.15) is 17.8 Å². The highest BCUT2D eigenvalue weighted by atomic mass is 35.5. The number of ether oxygens (including phenoxy) is 1. The van der Waals surface area contributed by atoms with E-state index in [2.05, 4.69) is 15.0 Å². The average molecular weight is 493 g/mol. The fraction of sp³-hybridized carbons (Fsp3) is 0.346. The summed E-state index contributed by atoms with van der Waals surface area (Å²) in [5, 5.41) is 6.35. The van der Waals surface area contributed by atoms with Crippen LogP contribution >= 0.6 is 11.6 Å². The molecule has 35 heavy (non-hydrogen) atoms. The molecule has 182 valence electrons. The van der Waals surface area contributed by atoms with E-state index < -0.39 is 0 Å². The first-order valence-electron chi connectivity index (χ1n) is 11.5. The number of rotatable bonds is 6. The molecule has 1 amide bonds. The Kier molecular flexibility index (Phi) is 6.76. The minimum Gasteiger partial charge on any atom is -0.493 e. The molecule has 0 aliphatic heterocycles. The third-order valence-electron chi connectivity index (χ3n) is 6.14. The molecule has 0 saturated heterocycles. The molecule has 1 unspecified atom stereocenters. The summed E-state index contributed by atoms with van der Waals surface area (Å²) in [5.41, 5.74) is 6.30. The molecule has 3 heterocycles. The normalized spacial score (nSPS) is 12.1. The highest BCUT2D eigenvalue weighted by Crippen LogP contribution is 2.43. The van der Waals surface area contributed by atoms with Crippen LogP contribution in [0.4, 0.5) is 0 Å². The zero-order valence-corrected chi connectivity index (χ0v) is 21.8. The number of hydrogen-bond acceptors (Lipinski definition) is 6. The quantitative estimate of drug-likeness (QED) is 0.369. The summed E-state index contributed by atoms with van der Waals surface area (Å²) >= 11 is 6.75. The number of carbonyl (C=O) groups excluding carboxylic acids is 1. The molecule has 8 nitrogen and oxygen atoms in total. The van der Waals surface area contributed by atoms with Crippen molar-refractivity contribution in [2.24, 2.45) is 0 Å². The number of halogens is 1. The molecule has 3 aromatic heterocycles. The minimum atomic E-state index is -0.221. The number of hydrogen-bond donors (Lipinski definition) is 0. The molecule has 0 spiro atoms. The summed E-state index contributed by atoms with van der Waals surface area (Å²) in [6, 6.07) is 5.32. The summed E-state index contributed by atoms with van der Waals surface area (Å²) in [7, 11) is 3.40. The van der Waals surface area contributed by atoms with Gasteiger partial charge in [0.25, 0.3) is 5.91 Å². The van der Waals surface area contributed by atoms with E-state index in [9.17, 15) is 4.79 Å². The molecule has 1 aromatic carbocycles. The number of pyridine rings is 1. The van der Waals surface area contributed by atoms with Crippen molar-refractivity contribution in [3.63, 3.8) is 0 Å². The standard InChI is InChI=1S/C26H29ClN6O2/c1-8-35-24-19(17(5)33-25-23(16(4)31-33)15(3)29-13-30-25)11-20(27)14(2)22(24)18-9-10-21(28-12-18)26(34)32(6)7/h9-13,17H,8H2,1-7H3. The van der Waals surface area contributed by atoms with Crippen LogP contribution in [0.2, 0.25) is 5.02 Å². The van der Waals surface area contributed by atoms with Crippen LogP contribution in [0.5, 0.6) is 5.75 Å². The van der Waals surface area contributed by atoms with Crippen LogP contribution in [-0.4, -0.2) is 56.2 Å². The van der Waals surface area contributed by atoms with Crippen LogP contribution < -0.4 is 4.74 Å². The number of benzene rings is 1. The van der Waals surface area contributed by atoms with Gasteiger partial charge in [-0.25, -0.2) is 14.6 Å². The third-order valence-corrected chi connectivity index (χ3v) is 6.53. The van der Waals surface area contributed by atoms with Crippen molar-refractivity contribution < 1.29 is 9.53 Å². The molecule has 0 bridgehead atoms. The van der Waals surface area contributed by atoms with Gasteiger partial charge < -0.3 is 9.64 Å². The Labute approximate surface area is 209 Å². The van der Waals surface area contributed by atoms with Crippen molar-refractivity contribution in [3.05, 3.63) is 64.0 Å². The second kappa shape index (κ2) is 9.62. The maximum atomic E-state index is 12.3. The monoisotopic (exact) mass is 492 g/mol. The molecule has 1 atom stereocenters. The molecular formula is C26H29ClN6O2. The predicted molar refractivity (Wildman–Crippen MR) is 137 cm³/mol. The molecular weight excluding hydrogens is 464 g/mol. The first-order valence-corrected chi connectivity index (χ1v) is 11.8. The van der Waals surface area contributed by atoms with Gasteiger partial charge in [-0.05, 0) is 52.3 Å². The first-order chi connectivity index (χ1) is 16.6. The molecule has 0 radical (unpaired) electrons. The van der Waals surface area contributed by atoms with E-state index in [1.54, 1.807) is 32.7 Å². The second-order valence-corrected chi connectivity index (χ2v) is 9.11. The van der Waals surface area contributed by atoms with E-state index in [-0.39, 0.29) is 11.9 Å². The zero-order valence-electron chi connectivity index (χ0n) is 21.0. The highest BCUT2D eigenvalue weighted by Gasteiger charge is 2.25. The van der Waals surface area contributed by atoms with Crippen LogP contribution in [0.15, 0.2) is 30.7 Å². The minimum absolute atomic E-state index is 0.156. The Morgan fingerprint density at radius 2 is 1.89 bits per heavy atom. The maximum Gasteiger partial charge on any atom is 0.271 e. The summed E-state index contributed by atoms with van der Waals surface area (Å²) < 4.78 is 8.12. The predicted octanol–water partition coefficient (Wildman–Crippen LogP) is 5.18. The Morgan fingerprint density at radius 3 is 2.51 bits per heavy atom. The molecule has 0 aliphatic carbocycles. The Balaban J connectivity index is 1.90. The van der Waals surface area contributed by atoms with Crippen LogP contribution in [-0.2, 0) is 0 Å². The van der Waals surface area contributed by atoms with Gasteiger partial charge in [-0.1, -0.05) is 17.7 Å². The molecule has 0 saturated carbocycles. The van der Waals surface area contributed by atoms with Gasteiger partial charge in [-0.2, -0.15) is 5.10 Å². The summed E-state index contributed by atoms with van der Waals surface area (Å²) in [4.78, 5) is 27.1. The van der Waals surface area contributed by atoms with Crippen molar-refractivity contribution in [2.75, 3.05) is 20.7 Å². The summed E-state index contributed by atoms with van der Waals surface area (Å²) in [5.74, 6) is 0.555. The van der Waals surface area contributed by atoms with E-state index >= 15 is 0 Å². The number of aryl methyl sites for hydroxylation is 2. The van der Waals surface area contributed by atoms with Crippen LogP contribution in [0.25, 0.3) is 22.2 Å². The first kappa shape index (κ1) is 24.6. The summed E-state index contributed by atoms with van der Waals surface area (Å²) in [6.45, 7) is 10.3. The zero-order chi connectivity index (χ0) is 25.4. The van der Waals surface area contributed by atoms with Crippen LogP contribution in [0, 0.1) is 20.8 Å². The fourth-order valence-corrected chi connectivity index (χ4v) is 4.53. The third kappa shape index (κ3) is 4.34. The van der Waals surface area contributed by atoms with Crippen molar-refractivity contribution in [2.45, 2.75) is 40.7 Å². The maximum absolute atomic E-state index is 12.3. The SMILES string of the molecule is CCOc1c(C(C)n2nc(C)c3c(C)ncnc32)cc(Cl)c(C)c1-c1ccc(C(=O)N(C)C)nc1. The average Bonchev–Trinajstić information content (AvgIpc) is 3.18. The van der Waals surface area contributed by atoms with Gasteiger partial charge in [0, 0.05) is 42.0 Å². The van der Waals surface area contributed by atoms with Gasteiger partial charge in [0.15, 0.2) is 5.65 Å². The van der Waals surface area contributed by atoms with Crippen LogP contribution in [0.1, 0.15) is 52.9 Å². The lowest BCUT2D eigenvalue weighted by atomic mass is 9.94. The van der Waals surface area contributed by atoms with E-state index in [4.69, 9.17) is 21.4 Å². The molecule has 9 heteroatoms. The lowest BCUT2D eigenvalue weighted by molar-refractivity contribution is 0.0822. The molecule has 4 aromatic rings. The van der Waals surface area contributed by atoms with Gasteiger partial charge in [-0.3, -0.25) is 9.78 Å². The molecule has 0 fully saturated rings. The van der Waals surface area contributed by atoms with Gasteiger partial charge in [-0.15, -0.1) is 0 Å². The number of nitrogens with zero attached hydrogens (tertiary/aromatic N) is 6. The van der Waals surface area contributed by atoms with Crippen LogP contribution in [0.3, 0.4) is 0 Å². The number of aromatic nitrogens is 5. The molecule has 0 aliphatic rings. The smallest absolute Gasteiger partial charge is 0.271 e. The topological polar surface area (TPSA) is 86.0 Å². The van der Waals surface area contributed by atoms with Crippen molar-refractivity contribution in [1.29, 1.82) is 0 Å². The van der Waals surface area contributed by atoms with E-state index in [1.807, 2.05) is 51.4 Å². The summed E-state index contributed by atoms with van der Waals surface area (Å²) in [6.07, 6.45) is 3.25. The van der Waals surface area contributed by atoms with Crippen molar-refractivity contribution in [3.8, 4) is 16.9 Å². The fourth-order valence-electron chi connectivity index (χ4n) is 4.32. The van der Waals surface area contributed by atoms with Gasteiger partial charge in [0.2, 0.25) is 0 Å². The lowest BCUT2D eigenvalue weighted by Gasteiger charge is -2.23. The number of amides is 1. The van der Waals surface area contributed by atoms with Crippen molar-refractivity contribution in [1.82, 2.24) is 29.6 Å². The highest BCUT2D eigenvalue weighted by molar-refractivity contribution is 6.32. The van der Waals surface area contributed by atoms with Gasteiger partial charge in [0.05, 0.1) is 29.4 Å². The number of fused-ring (bicyclic) bond motifs is 1. The molecule has 0 N–H and O–H groups in total. The Bertz CT molecular complexity index is 1410. The van der Waals surface area contributed by atoms with E-state index in [1.165, 1.54) is 4.90 Å². The second-order valence-electron chi connectivity index (χ2n) is 8.71. The molecule has 4 rings (SSSR count). The largest absolute Gasteiger partial charge is 0.493 e. The lowest BCUT2D eigenvalue weighted by Crippen LogP contribution is -2.22.